The highest BCUT2D eigenvalue weighted by Gasteiger charge is 2.37. The van der Waals surface area contributed by atoms with Crippen LogP contribution in [-0.4, -0.2) is 55.9 Å². The topological polar surface area (TPSA) is 85.3 Å². The van der Waals surface area contributed by atoms with Crippen LogP contribution in [0.15, 0.2) is 35.0 Å². The molecule has 0 radical (unpaired) electrons. The van der Waals surface area contributed by atoms with Crippen LogP contribution < -0.4 is 4.74 Å². The molecule has 0 spiro atoms. The van der Waals surface area contributed by atoms with Gasteiger partial charge >= 0.3 is 5.97 Å². The first-order valence-electron chi connectivity index (χ1n) is 8.23. The minimum atomic E-state index is -0.577. The standard InChI is InChI=1S/C19H23NO6/c1-5-26-19(23)16-12(2)20(9-10-24-3)18(22)14(16)11-13-7-6-8-15(25-4)17(13)21/h6-8,11,21H,5,9-10H2,1-4H3/b14-11-. The number of aromatic hydroxyl groups is 1. The lowest BCUT2D eigenvalue weighted by molar-refractivity contribution is -0.138. The summed E-state index contributed by atoms with van der Waals surface area (Å²) in [5.41, 5.74) is 1.23. The molecule has 1 N–H and O–H groups in total. The predicted octanol–water partition coefficient (Wildman–Crippen LogP) is 2.11. The molecule has 0 saturated carbocycles. The Labute approximate surface area is 152 Å². The molecule has 1 aliphatic heterocycles. The van der Waals surface area contributed by atoms with Crippen molar-refractivity contribution in [3.8, 4) is 11.5 Å². The van der Waals surface area contributed by atoms with Gasteiger partial charge in [0.15, 0.2) is 11.5 Å². The fraction of sp³-hybridized carbons (Fsp3) is 0.368. The van der Waals surface area contributed by atoms with Crippen LogP contribution in [0, 0.1) is 0 Å². The summed E-state index contributed by atoms with van der Waals surface area (Å²) in [6.07, 6.45) is 1.47. The number of phenols is 1. The van der Waals surface area contributed by atoms with Crippen LogP contribution in [0.5, 0.6) is 11.5 Å². The van der Waals surface area contributed by atoms with E-state index in [1.807, 2.05) is 0 Å². The summed E-state index contributed by atoms with van der Waals surface area (Å²) < 4.78 is 15.2. The van der Waals surface area contributed by atoms with E-state index in [4.69, 9.17) is 14.2 Å². The number of hydrogen-bond donors (Lipinski definition) is 1. The molecule has 26 heavy (non-hydrogen) atoms. The average molecular weight is 361 g/mol. The van der Waals surface area contributed by atoms with Gasteiger partial charge in [-0.15, -0.1) is 0 Å². The number of nitrogens with zero attached hydrogens (tertiary/aromatic N) is 1. The van der Waals surface area contributed by atoms with E-state index < -0.39 is 5.97 Å². The lowest BCUT2D eigenvalue weighted by Crippen LogP contribution is -2.28. The van der Waals surface area contributed by atoms with Crippen LogP contribution in [0.1, 0.15) is 19.4 Å². The van der Waals surface area contributed by atoms with Crippen molar-refractivity contribution in [2.75, 3.05) is 34.0 Å². The van der Waals surface area contributed by atoms with Crippen LogP contribution in [0.2, 0.25) is 0 Å². The lowest BCUT2D eigenvalue weighted by Gasteiger charge is -2.16. The summed E-state index contributed by atoms with van der Waals surface area (Å²) in [5.74, 6) is -0.748. The number of allylic oxidation sites excluding steroid dienone is 1. The third kappa shape index (κ3) is 3.72. The minimum Gasteiger partial charge on any atom is -0.504 e. The molecule has 0 fully saturated rings. The van der Waals surface area contributed by atoms with Gasteiger partial charge in [0.2, 0.25) is 0 Å². The van der Waals surface area contributed by atoms with Crippen molar-refractivity contribution >= 4 is 18.0 Å². The second kappa shape index (κ2) is 8.53. The van der Waals surface area contributed by atoms with Crippen LogP contribution in [0.4, 0.5) is 0 Å². The zero-order valence-electron chi connectivity index (χ0n) is 15.4. The van der Waals surface area contributed by atoms with Gasteiger partial charge in [0.1, 0.15) is 0 Å². The number of carbonyl (C=O) groups is 2. The molecule has 0 atom stereocenters. The zero-order chi connectivity index (χ0) is 19.3. The minimum absolute atomic E-state index is 0.105. The maximum absolute atomic E-state index is 12.9. The second-order valence-electron chi connectivity index (χ2n) is 5.59. The maximum Gasteiger partial charge on any atom is 0.340 e. The first-order chi connectivity index (χ1) is 12.5. The monoisotopic (exact) mass is 361 g/mol. The van der Waals surface area contributed by atoms with E-state index in [1.165, 1.54) is 25.2 Å². The molecule has 0 saturated heterocycles. The first-order valence-corrected chi connectivity index (χ1v) is 8.23. The third-order valence-electron chi connectivity index (χ3n) is 4.06. The molecule has 7 nitrogen and oxygen atoms in total. The van der Waals surface area contributed by atoms with Crippen molar-refractivity contribution in [2.45, 2.75) is 13.8 Å². The van der Waals surface area contributed by atoms with Crippen LogP contribution in [-0.2, 0) is 19.1 Å². The highest BCUT2D eigenvalue weighted by atomic mass is 16.5. The quantitative estimate of drug-likeness (QED) is 0.591. The van der Waals surface area contributed by atoms with Gasteiger partial charge in [-0.05, 0) is 26.0 Å². The molecular weight excluding hydrogens is 338 g/mol. The van der Waals surface area contributed by atoms with Gasteiger partial charge in [0, 0.05) is 24.9 Å². The van der Waals surface area contributed by atoms with Crippen molar-refractivity contribution in [1.29, 1.82) is 0 Å². The van der Waals surface area contributed by atoms with Crippen LogP contribution in [0.3, 0.4) is 0 Å². The Morgan fingerprint density at radius 1 is 1.31 bits per heavy atom. The van der Waals surface area contributed by atoms with Crippen LogP contribution >= 0.6 is 0 Å². The third-order valence-corrected chi connectivity index (χ3v) is 4.06. The molecule has 1 amide bonds. The van der Waals surface area contributed by atoms with Gasteiger partial charge in [0.25, 0.3) is 5.91 Å². The number of para-hydroxylation sites is 1. The normalized spacial score (nSPS) is 15.8. The molecule has 0 unspecified atom stereocenters. The number of phenolic OH excluding ortho intramolecular Hbond substituents is 1. The fourth-order valence-electron chi connectivity index (χ4n) is 2.76. The Bertz CT molecular complexity index is 765. The number of esters is 1. The largest absolute Gasteiger partial charge is 0.504 e. The van der Waals surface area contributed by atoms with E-state index in [9.17, 15) is 14.7 Å². The summed E-state index contributed by atoms with van der Waals surface area (Å²) in [5, 5.41) is 10.3. The van der Waals surface area contributed by atoms with Crippen molar-refractivity contribution in [2.24, 2.45) is 0 Å². The SMILES string of the molecule is CCOC(=O)C1=C(C)N(CCOC)C(=O)/C1=C\c1cccc(OC)c1O. The Hall–Kier alpha value is -2.80. The number of amides is 1. The van der Waals surface area contributed by atoms with Gasteiger partial charge in [-0.2, -0.15) is 0 Å². The van der Waals surface area contributed by atoms with Crippen molar-refractivity contribution in [3.63, 3.8) is 0 Å². The summed E-state index contributed by atoms with van der Waals surface area (Å²) in [6, 6.07) is 4.92. The molecule has 2 rings (SSSR count). The number of carbonyl (C=O) groups excluding carboxylic acids is 2. The van der Waals surface area contributed by atoms with Crippen molar-refractivity contribution in [1.82, 2.24) is 4.90 Å². The van der Waals surface area contributed by atoms with Crippen molar-refractivity contribution in [3.05, 3.63) is 40.6 Å². The van der Waals surface area contributed by atoms with E-state index in [1.54, 1.807) is 32.0 Å². The Kier molecular flexibility index (Phi) is 6.41. The molecular formula is C19H23NO6. The van der Waals surface area contributed by atoms with E-state index in [2.05, 4.69) is 0 Å². The van der Waals surface area contributed by atoms with Gasteiger partial charge in [-0.25, -0.2) is 4.79 Å². The van der Waals surface area contributed by atoms with E-state index in [0.29, 0.717) is 24.4 Å². The fourth-order valence-corrected chi connectivity index (χ4v) is 2.76. The summed E-state index contributed by atoms with van der Waals surface area (Å²) in [4.78, 5) is 26.7. The Balaban J connectivity index is 2.53. The van der Waals surface area contributed by atoms with E-state index in [0.717, 1.165) is 0 Å². The summed E-state index contributed by atoms with van der Waals surface area (Å²) in [6.45, 7) is 4.22. The molecule has 1 aromatic rings. The lowest BCUT2D eigenvalue weighted by atomic mass is 10.0. The average Bonchev–Trinajstić information content (AvgIpc) is 2.85. The highest BCUT2D eigenvalue weighted by Crippen LogP contribution is 2.35. The predicted molar refractivity (Wildman–Crippen MR) is 95.6 cm³/mol. The molecule has 1 aliphatic rings. The summed E-state index contributed by atoms with van der Waals surface area (Å²) >= 11 is 0. The number of ether oxygens (including phenoxy) is 3. The van der Waals surface area contributed by atoms with Gasteiger partial charge in [-0.3, -0.25) is 4.79 Å². The maximum atomic E-state index is 12.9. The van der Waals surface area contributed by atoms with E-state index >= 15 is 0 Å². The molecule has 7 heteroatoms. The first kappa shape index (κ1) is 19.5. The zero-order valence-corrected chi connectivity index (χ0v) is 15.4. The number of benzene rings is 1. The Morgan fingerprint density at radius 2 is 2.04 bits per heavy atom. The number of hydrogen-bond acceptors (Lipinski definition) is 6. The molecule has 1 heterocycles. The molecule has 0 aliphatic carbocycles. The molecule has 140 valence electrons. The van der Waals surface area contributed by atoms with E-state index in [-0.39, 0.29) is 35.2 Å². The number of methoxy groups -OCH3 is 2. The smallest absolute Gasteiger partial charge is 0.340 e. The Morgan fingerprint density at radius 3 is 2.65 bits per heavy atom. The molecule has 1 aromatic carbocycles. The van der Waals surface area contributed by atoms with Gasteiger partial charge < -0.3 is 24.2 Å². The highest BCUT2D eigenvalue weighted by molar-refractivity contribution is 6.16. The second-order valence-corrected chi connectivity index (χ2v) is 5.59. The molecule has 0 bridgehead atoms. The van der Waals surface area contributed by atoms with Gasteiger partial charge in [0.05, 0.1) is 31.5 Å². The molecule has 0 aromatic heterocycles. The van der Waals surface area contributed by atoms with Gasteiger partial charge in [-0.1, -0.05) is 12.1 Å². The summed E-state index contributed by atoms with van der Waals surface area (Å²) in [7, 11) is 2.98. The van der Waals surface area contributed by atoms with Crippen molar-refractivity contribution < 1.29 is 28.9 Å². The van der Waals surface area contributed by atoms with Crippen LogP contribution in [0.25, 0.3) is 6.08 Å². The number of rotatable bonds is 7.